The van der Waals surface area contributed by atoms with E-state index >= 15 is 0 Å². The number of hydrogen-bond acceptors (Lipinski definition) is 4. The number of amides is 5. The molecule has 8 heteroatoms. The number of urea groups is 1. The Morgan fingerprint density at radius 2 is 1.85 bits per heavy atom. The van der Waals surface area contributed by atoms with Gasteiger partial charge in [0.2, 0.25) is 11.8 Å². The quantitative estimate of drug-likeness (QED) is 0.703. The van der Waals surface area contributed by atoms with Crippen LogP contribution in [0.4, 0.5) is 10.5 Å². The maximum atomic E-state index is 13.0. The zero-order valence-electron chi connectivity index (χ0n) is 18.5. The molecule has 8 nitrogen and oxygen atoms in total. The number of hydrogen-bond donors (Lipinski definition) is 2. The van der Waals surface area contributed by atoms with Gasteiger partial charge in [-0.2, -0.15) is 0 Å². The molecular weight excluding hydrogens is 420 g/mol. The second-order valence-corrected chi connectivity index (χ2v) is 9.10. The Morgan fingerprint density at radius 3 is 2.58 bits per heavy atom. The lowest BCUT2D eigenvalue weighted by molar-refractivity contribution is -0.138. The number of nitrogens with zero attached hydrogens (tertiary/aromatic N) is 2. The summed E-state index contributed by atoms with van der Waals surface area (Å²) in [6, 6.07) is 14.9. The van der Waals surface area contributed by atoms with Gasteiger partial charge < -0.3 is 15.1 Å². The molecule has 2 atom stereocenters. The molecule has 5 amide bonds. The average Bonchev–Trinajstić information content (AvgIpc) is 3.29. The van der Waals surface area contributed by atoms with Crippen LogP contribution in [0.1, 0.15) is 35.4 Å². The first-order chi connectivity index (χ1) is 15.9. The van der Waals surface area contributed by atoms with Crippen LogP contribution in [-0.2, 0) is 27.2 Å². The SMILES string of the molecule is CN1C(=O)NC(=O)[C@]12Cc1ccc(NC(=O)CN3CCC[C@@H](c4ccccc4)C3=O)cc1C2. The summed E-state index contributed by atoms with van der Waals surface area (Å²) in [7, 11) is 1.63. The molecule has 170 valence electrons. The first-order valence-electron chi connectivity index (χ1n) is 11.2. The number of imide groups is 1. The largest absolute Gasteiger partial charge is 0.333 e. The molecular formula is C25H26N4O4. The van der Waals surface area contributed by atoms with Crippen LogP contribution in [0.3, 0.4) is 0 Å². The highest BCUT2D eigenvalue weighted by molar-refractivity contribution is 6.07. The Bertz CT molecular complexity index is 1150. The molecule has 2 saturated heterocycles. The van der Waals surface area contributed by atoms with E-state index in [1.54, 1.807) is 18.0 Å². The van der Waals surface area contributed by atoms with Gasteiger partial charge in [0.15, 0.2) is 0 Å². The molecule has 3 aliphatic rings. The van der Waals surface area contributed by atoms with Crippen LogP contribution in [0.25, 0.3) is 0 Å². The van der Waals surface area contributed by atoms with Gasteiger partial charge in [0.25, 0.3) is 5.91 Å². The highest BCUT2D eigenvalue weighted by Gasteiger charge is 2.54. The van der Waals surface area contributed by atoms with E-state index in [2.05, 4.69) is 10.6 Å². The van der Waals surface area contributed by atoms with E-state index in [1.165, 1.54) is 4.90 Å². The van der Waals surface area contributed by atoms with Gasteiger partial charge in [0.1, 0.15) is 5.54 Å². The molecule has 2 N–H and O–H groups in total. The topological polar surface area (TPSA) is 98.8 Å². The number of carbonyl (C=O) groups excluding carboxylic acids is 4. The zero-order valence-corrected chi connectivity index (χ0v) is 18.5. The van der Waals surface area contributed by atoms with Crippen LogP contribution in [0, 0.1) is 0 Å². The molecule has 1 spiro atoms. The highest BCUT2D eigenvalue weighted by Crippen LogP contribution is 2.38. The molecule has 0 radical (unpaired) electrons. The van der Waals surface area contributed by atoms with E-state index in [1.807, 2.05) is 42.5 Å². The number of benzene rings is 2. The van der Waals surface area contributed by atoms with Crippen LogP contribution in [0.5, 0.6) is 0 Å². The van der Waals surface area contributed by atoms with Crippen molar-refractivity contribution in [3.63, 3.8) is 0 Å². The van der Waals surface area contributed by atoms with Crippen molar-refractivity contribution in [2.75, 3.05) is 25.5 Å². The first kappa shape index (κ1) is 21.2. The first-order valence-corrected chi connectivity index (χ1v) is 11.2. The second kappa shape index (κ2) is 8.03. The van der Waals surface area contributed by atoms with Gasteiger partial charge in [0, 0.05) is 32.1 Å². The van der Waals surface area contributed by atoms with Gasteiger partial charge in [0.05, 0.1) is 12.5 Å². The Labute approximate surface area is 191 Å². The van der Waals surface area contributed by atoms with Crippen LogP contribution < -0.4 is 10.6 Å². The minimum atomic E-state index is -0.894. The van der Waals surface area contributed by atoms with Crippen LogP contribution in [0.2, 0.25) is 0 Å². The summed E-state index contributed by atoms with van der Waals surface area (Å²) in [6.07, 6.45) is 2.50. The number of carbonyl (C=O) groups is 4. The minimum absolute atomic E-state index is 0.00281. The summed E-state index contributed by atoms with van der Waals surface area (Å²) in [5, 5.41) is 5.28. The Hall–Kier alpha value is -3.68. The minimum Gasteiger partial charge on any atom is -0.333 e. The van der Waals surface area contributed by atoms with Crippen LogP contribution in [0.15, 0.2) is 48.5 Å². The van der Waals surface area contributed by atoms with Crippen LogP contribution in [-0.4, -0.2) is 59.2 Å². The third-order valence-electron chi connectivity index (χ3n) is 7.11. The van der Waals surface area contributed by atoms with Crippen molar-refractivity contribution in [2.24, 2.45) is 0 Å². The molecule has 5 rings (SSSR count). The zero-order chi connectivity index (χ0) is 23.2. The molecule has 2 aromatic rings. The molecule has 33 heavy (non-hydrogen) atoms. The van der Waals surface area contributed by atoms with Crippen molar-refractivity contribution < 1.29 is 19.2 Å². The molecule has 2 heterocycles. The third kappa shape index (κ3) is 3.65. The number of likely N-dealkylation sites (N-methyl/N-ethyl adjacent to an activating group) is 1. The fourth-order valence-electron chi connectivity index (χ4n) is 5.24. The smallest absolute Gasteiger partial charge is 0.324 e. The number of likely N-dealkylation sites (tertiary alicyclic amines) is 1. The van der Waals surface area contributed by atoms with E-state index in [0.29, 0.717) is 25.1 Å². The van der Waals surface area contributed by atoms with E-state index in [4.69, 9.17) is 0 Å². The fourth-order valence-corrected chi connectivity index (χ4v) is 5.24. The van der Waals surface area contributed by atoms with Crippen molar-refractivity contribution in [1.29, 1.82) is 0 Å². The van der Waals surface area contributed by atoms with Gasteiger partial charge in [-0.25, -0.2) is 4.79 Å². The summed E-state index contributed by atoms with van der Waals surface area (Å²) in [5.74, 6) is -0.761. The number of nitrogens with one attached hydrogen (secondary N) is 2. The number of anilines is 1. The highest BCUT2D eigenvalue weighted by atomic mass is 16.2. The molecule has 2 aromatic carbocycles. The summed E-state index contributed by atoms with van der Waals surface area (Å²) in [6.45, 7) is 0.570. The van der Waals surface area contributed by atoms with Gasteiger partial charge in [-0.1, -0.05) is 36.4 Å². The standard InChI is InChI=1S/C25H26N4O4/c1-28-24(33)27-23(32)25(28)13-17-9-10-19(12-18(17)14-25)26-21(30)15-29-11-5-8-20(22(29)31)16-6-3-2-4-7-16/h2-4,6-7,9-10,12,20H,5,8,11,13-15H2,1H3,(H,26,30)(H,27,32,33)/t20-,25+/m0/s1. The Kier molecular flexibility index (Phi) is 5.15. The van der Waals surface area contributed by atoms with Gasteiger partial charge in [-0.15, -0.1) is 0 Å². The van der Waals surface area contributed by atoms with Crippen molar-refractivity contribution in [3.8, 4) is 0 Å². The normalized spacial score (nSPS) is 24.3. The summed E-state index contributed by atoms with van der Waals surface area (Å²) < 4.78 is 0. The molecule has 0 saturated carbocycles. The molecule has 0 bridgehead atoms. The fraction of sp³-hybridized carbons (Fsp3) is 0.360. The van der Waals surface area contributed by atoms with Gasteiger partial charge >= 0.3 is 6.03 Å². The number of rotatable bonds is 4. The third-order valence-corrected chi connectivity index (χ3v) is 7.11. The lowest BCUT2D eigenvalue weighted by Gasteiger charge is -2.32. The monoisotopic (exact) mass is 446 g/mol. The lowest BCUT2D eigenvalue weighted by atomic mass is 9.90. The molecule has 1 aliphatic carbocycles. The second-order valence-electron chi connectivity index (χ2n) is 9.10. The van der Waals surface area contributed by atoms with E-state index in [0.717, 1.165) is 29.5 Å². The Morgan fingerprint density at radius 1 is 1.09 bits per heavy atom. The lowest BCUT2D eigenvalue weighted by Crippen LogP contribution is -2.48. The number of fused-ring (bicyclic) bond motifs is 1. The molecule has 2 fully saturated rings. The van der Waals surface area contributed by atoms with Crippen LogP contribution >= 0.6 is 0 Å². The predicted molar refractivity (Wildman–Crippen MR) is 122 cm³/mol. The molecule has 0 unspecified atom stereocenters. The van der Waals surface area contributed by atoms with Gasteiger partial charge in [-0.05, 0) is 41.7 Å². The van der Waals surface area contributed by atoms with Gasteiger partial charge in [-0.3, -0.25) is 19.7 Å². The summed E-state index contributed by atoms with van der Waals surface area (Å²) in [5.41, 5.74) is 2.63. The van der Waals surface area contributed by atoms with Crippen molar-refractivity contribution in [1.82, 2.24) is 15.1 Å². The summed E-state index contributed by atoms with van der Waals surface area (Å²) >= 11 is 0. The molecule has 2 aliphatic heterocycles. The number of piperidine rings is 1. The average molecular weight is 447 g/mol. The van der Waals surface area contributed by atoms with Crippen molar-refractivity contribution in [2.45, 2.75) is 37.1 Å². The molecule has 0 aromatic heterocycles. The predicted octanol–water partition coefficient (Wildman–Crippen LogP) is 2.05. The van der Waals surface area contributed by atoms with E-state index in [9.17, 15) is 19.2 Å². The Balaban J connectivity index is 1.25. The maximum Gasteiger partial charge on any atom is 0.324 e. The van der Waals surface area contributed by atoms with Crippen molar-refractivity contribution >= 4 is 29.4 Å². The maximum absolute atomic E-state index is 13.0. The van der Waals surface area contributed by atoms with Crippen molar-refractivity contribution in [3.05, 3.63) is 65.2 Å². The summed E-state index contributed by atoms with van der Waals surface area (Å²) in [4.78, 5) is 53.2. The van der Waals surface area contributed by atoms with E-state index < -0.39 is 5.54 Å². The van der Waals surface area contributed by atoms with E-state index in [-0.39, 0.29) is 36.2 Å².